The van der Waals surface area contributed by atoms with Crippen LogP contribution in [0.1, 0.15) is 5.56 Å². The smallest absolute Gasteiger partial charge is 0.268 e. The van der Waals surface area contributed by atoms with Gasteiger partial charge < -0.3 is 4.57 Å². The summed E-state index contributed by atoms with van der Waals surface area (Å²) in [4.78, 5) is 0.273. The predicted octanol–water partition coefficient (Wildman–Crippen LogP) is 9.10. The van der Waals surface area contributed by atoms with Crippen LogP contribution in [0.5, 0.6) is 0 Å². The molecule has 0 spiro atoms. The summed E-state index contributed by atoms with van der Waals surface area (Å²) in [5.41, 5.74) is 7.84. The minimum Gasteiger partial charge on any atom is -0.309 e. The lowest BCUT2D eigenvalue weighted by molar-refractivity contribution is 0.590. The van der Waals surface area contributed by atoms with E-state index in [1.165, 1.54) is 14.7 Å². The molecule has 0 aliphatic rings. The Labute approximate surface area is 243 Å². The van der Waals surface area contributed by atoms with Crippen molar-refractivity contribution in [3.8, 4) is 16.8 Å². The maximum absolute atomic E-state index is 14.1. The second-order valence-corrected chi connectivity index (χ2v) is 12.5. The first-order valence-electron chi connectivity index (χ1n) is 14.0. The topological polar surface area (TPSA) is 44.0 Å². The van der Waals surface area contributed by atoms with Gasteiger partial charge in [-0.15, -0.1) is 0 Å². The van der Waals surface area contributed by atoms with Crippen LogP contribution in [0.4, 0.5) is 0 Å². The van der Waals surface area contributed by atoms with E-state index >= 15 is 0 Å². The Morgan fingerprint density at radius 1 is 0.524 bits per heavy atom. The molecule has 6 aromatic carbocycles. The SMILES string of the molecule is Cc1ccc(S(=O)(=O)n2c3ccccc3c3cc(-n4c5ccccc5c5cccc(-c6ccccc6)c54)ccc32)cc1. The molecule has 0 unspecified atom stereocenters. The second kappa shape index (κ2) is 9.20. The maximum Gasteiger partial charge on any atom is 0.268 e. The summed E-state index contributed by atoms with van der Waals surface area (Å²) in [7, 11) is -3.83. The fraction of sp³-hybridized carbons (Fsp3) is 0.0270. The minimum atomic E-state index is -3.83. The Balaban J connectivity index is 1.45. The van der Waals surface area contributed by atoms with Crippen molar-refractivity contribution in [1.29, 1.82) is 0 Å². The zero-order valence-corrected chi connectivity index (χ0v) is 23.7. The second-order valence-electron chi connectivity index (χ2n) is 10.7. The van der Waals surface area contributed by atoms with Gasteiger partial charge in [0.1, 0.15) is 0 Å². The molecule has 42 heavy (non-hydrogen) atoms. The molecule has 2 heterocycles. The summed E-state index contributed by atoms with van der Waals surface area (Å²) >= 11 is 0. The highest BCUT2D eigenvalue weighted by atomic mass is 32.2. The van der Waals surface area contributed by atoms with Crippen LogP contribution in [0, 0.1) is 6.92 Å². The summed E-state index contributed by atoms with van der Waals surface area (Å²) in [6.07, 6.45) is 0. The van der Waals surface area contributed by atoms with Crippen LogP contribution in [0.25, 0.3) is 60.4 Å². The van der Waals surface area contributed by atoms with Crippen LogP contribution in [0.2, 0.25) is 0 Å². The highest BCUT2D eigenvalue weighted by Crippen LogP contribution is 2.40. The Hall–Kier alpha value is -5.13. The molecule has 5 heteroatoms. The van der Waals surface area contributed by atoms with Gasteiger partial charge in [-0.3, -0.25) is 0 Å². The zero-order chi connectivity index (χ0) is 28.4. The molecule has 202 valence electrons. The molecule has 8 rings (SSSR count). The van der Waals surface area contributed by atoms with Crippen molar-refractivity contribution < 1.29 is 8.42 Å². The molecule has 0 saturated heterocycles. The van der Waals surface area contributed by atoms with Gasteiger partial charge in [0.05, 0.1) is 27.0 Å². The molecule has 2 aromatic heterocycles. The number of para-hydroxylation sites is 3. The number of aromatic nitrogens is 2. The fourth-order valence-electron chi connectivity index (χ4n) is 6.28. The van der Waals surface area contributed by atoms with E-state index in [2.05, 4.69) is 77.4 Å². The maximum atomic E-state index is 14.1. The molecule has 0 N–H and O–H groups in total. The molecule has 0 bridgehead atoms. The molecule has 0 atom stereocenters. The lowest BCUT2D eigenvalue weighted by Crippen LogP contribution is -2.12. The monoisotopic (exact) mass is 562 g/mol. The molecule has 0 amide bonds. The molecule has 0 aliphatic carbocycles. The van der Waals surface area contributed by atoms with Crippen molar-refractivity contribution in [2.75, 3.05) is 0 Å². The number of rotatable bonds is 4. The number of fused-ring (bicyclic) bond motifs is 6. The normalized spacial score (nSPS) is 12.1. The number of aryl methyl sites for hydroxylation is 1. The van der Waals surface area contributed by atoms with Gasteiger partial charge in [-0.1, -0.05) is 103 Å². The third-order valence-corrected chi connectivity index (χ3v) is 9.95. The molecule has 0 aliphatic heterocycles. The first-order valence-corrected chi connectivity index (χ1v) is 15.4. The molecular weight excluding hydrogens is 536 g/mol. The van der Waals surface area contributed by atoms with Gasteiger partial charge in [0, 0.05) is 32.8 Å². The Bertz CT molecular complexity index is 2420. The first kappa shape index (κ1) is 24.6. The molecule has 4 nitrogen and oxygen atoms in total. The summed E-state index contributed by atoms with van der Waals surface area (Å²) in [5.74, 6) is 0. The quantitative estimate of drug-likeness (QED) is 0.215. The lowest BCUT2D eigenvalue weighted by atomic mass is 10.0. The average Bonchev–Trinajstić information content (AvgIpc) is 3.55. The van der Waals surface area contributed by atoms with Crippen LogP contribution in [0.15, 0.2) is 144 Å². The average molecular weight is 563 g/mol. The van der Waals surface area contributed by atoms with Crippen molar-refractivity contribution >= 4 is 53.6 Å². The van der Waals surface area contributed by atoms with E-state index in [0.29, 0.717) is 11.0 Å². The van der Waals surface area contributed by atoms with Crippen molar-refractivity contribution in [3.05, 3.63) is 145 Å². The van der Waals surface area contributed by atoms with Gasteiger partial charge in [0.25, 0.3) is 10.0 Å². The van der Waals surface area contributed by atoms with E-state index in [1.807, 2.05) is 61.5 Å². The number of hydrogen-bond acceptors (Lipinski definition) is 2. The van der Waals surface area contributed by atoms with Gasteiger partial charge in [-0.25, -0.2) is 12.4 Å². The molecule has 0 saturated carbocycles. The number of benzene rings is 6. The summed E-state index contributed by atoms with van der Waals surface area (Å²) in [6.45, 7) is 1.95. The van der Waals surface area contributed by atoms with Crippen molar-refractivity contribution in [2.45, 2.75) is 11.8 Å². The van der Waals surface area contributed by atoms with E-state index in [0.717, 1.165) is 44.2 Å². The van der Waals surface area contributed by atoms with Gasteiger partial charge in [-0.05, 0) is 55.0 Å². The zero-order valence-electron chi connectivity index (χ0n) is 22.9. The standard InChI is InChI=1S/C37H26N2O2S/c1-25-18-21-28(22-19-25)42(40,41)39-35-17-8-6-13-31(35)33-24-27(20-23-36(33)39)38-34-16-7-5-12-30(34)32-15-9-14-29(37(32)38)26-10-3-2-4-11-26/h2-24H,1H3. The van der Waals surface area contributed by atoms with E-state index in [9.17, 15) is 8.42 Å². The first-order chi connectivity index (χ1) is 20.5. The van der Waals surface area contributed by atoms with Gasteiger partial charge in [0.2, 0.25) is 0 Å². The van der Waals surface area contributed by atoms with Crippen LogP contribution < -0.4 is 0 Å². The Kier molecular flexibility index (Phi) is 5.40. The van der Waals surface area contributed by atoms with Crippen LogP contribution in [-0.4, -0.2) is 17.0 Å². The van der Waals surface area contributed by atoms with Crippen LogP contribution >= 0.6 is 0 Å². The van der Waals surface area contributed by atoms with Gasteiger partial charge in [0.15, 0.2) is 0 Å². The molecule has 0 fully saturated rings. The van der Waals surface area contributed by atoms with Crippen molar-refractivity contribution in [1.82, 2.24) is 8.54 Å². The Morgan fingerprint density at radius 2 is 1.14 bits per heavy atom. The third-order valence-electron chi connectivity index (χ3n) is 8.21. The number of nitrogens with zero attached hydrogens (tertiary/aromatic N) is 2. The van der Waals surface area contributed by atoms with Crippen molar-refractivity contribution in [2.24, 2.45) is 0 Å². The van der Waals surface area contributed by atoms with E-state index in [-0.39, 0.29) is 4.90 Å². The van der Waals surface area contributed by atoms with Crippen molar-refractivity contribution in [3.63, 3.8) is 0 Å². The summed E-state index contributed by atoms with van der Waals surface area (Å²) < 4.78 is 31.9. The van der Waals surface area contributed by atoms with E-state index < -0.39 is 10.0 Å². The van der Waals surface area contributed by atoms with Gasteiger partial charge >= 0.3 is 0 Å². The molecule has 8 aromatic rings. The fourth-order valence-corrected chi connectivity index (χ4v) is 7.80. The lowest BCUT2D eigenvalue weighted by Gasteiger charge is -2.13. The molecular formula is C37H26N2O2S. The predicted molar refractivity (Wildman–Crippen MR) is 173 cm³/mol. The third kappa shape index (κ3) is 3.57. The molecule has 0 radical (unpaired) electrons. The highest BCUT2D eigenvalue weighted by molar-refractivity contribution is 7.90. The van der Waals surface area contributed by atoms with E-state index in [1.54, 1.807) is 12.1 Å². The largest absolute Gasteiger partial charge is 0.309 e. The minimum absolute atomic E-state index is 0.273. The summed E-state index contributed by atoms with van der Waals surface area (Å²) in [6, 6.07) is 46.3. The van der Waals surface area contributed by atoms with Gasteiger partial charge in [-0.2, -0.15) is 0 Å². The number of hydrogen-bond donors (Lipinski definition) is 0. The highest BCUT2D eigenvalue weighted by Gasteiger charge is 2.24. The Morgan fingerprint density at radius 3 is 1.90 bits per heavy atom. The van der Waals surface area contributed by atoms with E-state index in [4.69, 9.17) is 0 Å². The van der Waals surface area contributed by atoms with Crippen LogP contribution in [0.3, 0.4) is 0 Å². The summed E-state index contributed by atoms with van der Waals surface area (Å²) in [5, 5.41) is 4.14. The van der Waals surface area contributed by atoms with Crippen LogP contribution in [-0.2, 0) is 10.0 Å².